The van der Waals surface area contributed by atoms with Gasteiger partial charge in [-0.1, -0.05) is 12.1 Å². The fourth-order valence-corrected chi connectivity index (χ4v) is 4.80. The second-order valence-corrected chi connectivity index (χ2v) is 9.36. The van der Waals surface area contributed by atoms with Crippen LogP contribution in [0.2, 0.25) is 0 Å². The summed E-state index contributed by atoms with van der Waals surface area (Å²) >= 11 is 0. The number of hydrogen-bond acceptors (Lipinski definition) is 9. The molecule has 2 aliphatic heterocycles. The fraction of sp³-hybridized carbons (Fsp3) is 0.385. The molecule has 4 heterocycles. The monoisotopic (exact) mass is 498 g/mol. The lowest BCUT2D eigenvalue weighted by atomic mass is 10.0. The largest absolute Gasteiger partial charge is 0.382 e. The summed E-state index contributed by atoms with van der Waals surface area (Å²) in [7, 11) is 8.02. The highest BCUT2D eigenvalue weighted by Crippen LogP contribution is 2.28. The molecule has 37 heavy (non-hydrogen) atoms. The second kappa shape index (κ2) is 11.1. The van der Waals surface area contributed by atoms with Gasteiger partial charge >= 0.3 is 0 Å². The minimum absolute atomic E-state index is 0.0701. The predicted molar refractivity (Wildman–Crippen MR) is 146 cm³/mol. The average Bonchev–Trinajstić information content (AvgIpc) is 2.94. The highest BCUT2D eigenvalue weighted by molar-refractivity contribution is 6.07. The van der Waals surface area contributed by atoms with Crippen molar-refractivity contribution in [2.75, 3.05) is 67.3 Å². The maximum atomic E-state index is 13.2. The van der Waals surface area contributed by atoms with E-state index in [0.717, 1.165) is 56.0 Å². The molecule has 3 aromatic rings. The van der Waals surface area contributed by atoms with Crippen molar-refractivity contribution in [3.8, 4) is 11.3 Å². The lowest BCUT2D eigenvalue weighted by Crippen LogP contribution is -2.42. The van der Waals surface area contributed by atoms with Gasteiger partial charge in [-0.3, -0.25) is 9.78 Å². The Bertz CT molecular complexity index is 1230. The molecule has 0 aliphatic carbocycles. The number of morpholine rings is 1. The van der Waals surface area contributed by atoms with Gasteiger partial charge in [0.25, 0.3) is 5.91 Å². The number of amides is 1. The molecule has 2 fully saturated rings. The van der Waals surface area contributed by atoms with E-state index in [-0.39, 0.29) is 11.5 Å². The van der Waals surface area contributed by atoms with E-state index >= 15 is 0 Å². The van der Waals surface area contributed by atoms with Crippen LogP contribution in [0.1, 0.15) is 23.3 Å². The van der Waals surface area contributed by atoms with Crippen molar-refractivity contribution in [2.45, 2.75) is 18.9 Å². The number of anilines is 4. The van der Waals surface area contributed by atoms with Crippen molar-refractivity contribution >= 4 is 36.8 Å². The first-order valence-electron chi connectivity index (χ1n) is 12.5. The molecule has 0 unspecified atom stereocenters. The van der Waals surface area contributed by atoms with Crippen LogP contribution >= 0.6 is 0 Å². The summed E-state index contributed by atoms with van der Waals surface area (Å²) < 4.78 is 5.45. The first kappa shape index (κ1) is 25.0. The van der Waals surface area contributed by atoms with Gasteiger partial charge in [-0.05, 0) is 44.1 Å². The fourth-order valence-electron chi connectivity index (χ4n) is 4.80. The number of nitrogens with zero attached hydrogens (tertiary/aromatic N) is 6. The number of ether oxygens (including phenoxy) is 1. The molecule has 0 bridgehead atoms. The Morgan fingerprint density at radius 1 is 1.11 bits per heavy atom. The third-order valence-electron chi connectivity index (χ3n) is 7.03. The zero-order valence-corrected chi connectivity index (χ0v) is 21.0. The number of rotatable bonds is 6. The molecule has 2 radical (unpaired) electrons. The number of piperidine rings is 1. The van der Waals surface area contributed by atoms with Crippen LogP contribution in [0.5, 0.6) is 0 Å². The number of pyridine rings is 1. The molecule has 1 aromatic carbocycles. The van der Waals surface area contributed by atoms with Gasteiger partial charge < -0.3 is 30.4 Å². The molecule has 0 spiro atoms. The number of nitrogens with two attached hydrogens (primary N) is 1. The van der Waals surface area contributed by atoms with Crippen LogP contribution in [0.3, 0.4) is 0 Å². The van der Waals surface area contributed by atoms with Crippen molar-refractivity contribution in [3.63, 3.8) is 0 Å². The van der Waals surface area contributed by atoms with E-state index in [4.69, 9.17) is 18.5 Å². The predicted octanol–water partition coefficient (Wildman–Crippen LogP) is 2.19. The number of nitrogen functional groups attached to an aromatic ring is 1. The van der Waals surface area contributed by atoms with Crippen LogP contribution in [-0.4, -0.2) is 86.1 Å². The molecule has 11 heteroatoms. The third-order valence-corrected chi connectivity index (χ3v) is 7.03. The van der Waals surface area contributed by atoms with E-state index in [1.165, 1.54) is 0 Å². The Morgan fingerprint density at radius 2 is 1.84 bits per heavy atom. The Hall–Kier alpha value is -3.70. The minimum atomic E-state index is -0.433. The van der Waals surface area contributed by atoms with Crippen LogP contribution in [0, 0.1) is 0 Å². The first-order valence-corrected chi connectivity index (χ1v) is 12.5. The van der Waals surface area contributed by atoms with Crippen LogP contribution in [0.25, 0.3) is 11.3 Å². The van der Waals surface area contributed by atoms with Crippen molar-refractivity contribution in [1.29, 1.82) is 0 Å². The Kier molecular flexibility index (Phi) is 7.52. The third kappa shape index (κ3) is 5.67. The summed E-state index contributed by atoms with van der Waals surface area (Å²) in [4.78, 5) is 32.5. The molecule has 2 saturated heterocycles. The Balaban J connectivity index is 1.32. The molecule has 2 aliphatic rings. The zero-order valence-electron chi connectivity index (χ0n) is 21.0. The quantitative estimate of drug-likeness (QED) is 0.494. The van der Waals surface area contributed by atoms with Gasteiger partial charge in [0.1, 0.15) is 0 Å². The molecule has 3 N–H and O–H groups in total. The normalized spacial score (nSPS) is 16.9. The summed E-state index contributed by atoms with van der Waals surface area (Å²) in [6.07, 6.45) is 6.98. The number of carbonyl (C=O) groups is 1. The van der Waals surface area contributed by atoms with Gasteiger partial charge in [0.05, 0.1) is 42.7 Å². The van der Waals surface area contributed by atoms with Crippen LogP contribution in [0.4, 0.5) is 22.9 Å². The number of nitrogens with one attached hydrogen (secondary N) is 1. The van der Waals surface area contributed by atoms with Gasteiger partial charge in [-0.15, -0.1) is 0 Å². The smallest absolute Gasteiger partial charge is 0.278 e. The number of carbonyl (C=O) groups excluding carboxylic acids is 1. The van der Waals surface area contributed by atoms with E-state index in [0.29, 0.717) is 30.6 Å². The van der Waals surface area contributed by atoms with Gasteiger partial charge in [-0.2, -0.15) is 0 Å². The van der Waals surface area contributed by atoms with E-state index in [2.05, 4.69) is 49.2 Å². The van der Waals surface area contributed by atoms with E-state index < -0.39 is 5.91 Å². The number of aromatic nitrogens is 3. The Morgan fingerprint density at radius 3 is 2.57 bits per heavy atom. The summed E-state index contributed by atoms with van der Waals surface area (Å²) in [6.45, 7) is 4.54. The van der Waals surface area contributed by atoms with Gasteiger partial charge in [0.2, 0.25) is 0 Å². The molecule has 5 rings (SSSR count). The highest BCUT2D eigenvalue weighted by atomic mass is 16.5. The summed E-state index contributed by atoms with van der Waals surface area (Å²) in [5, 5.41) is 2.92. The van der Waals surface area contributed by atoms with Gasteiger partial charge in [0, 0.05) is 43.6 Å². The topological polar surface area (TPSA) is 113 Å². The van der Waals surface area contributed by atoms with E-state index in [1.54, 1.807) is 18.6 Å². The van der Waals surface area contributed by atoms with Crippen LogP contribution < -0.4 is 20.9 Å². The number of hydrogen-bond donors (Lipinski definition) is 2. The lowest BCUT2D eigenvalue weighted by molar-refractivity contribution is 0.102. The molecule has 10 nitrogen and oxygen atoms in total. The highest BCUT2D eigenvalue weighted by Gasteiger charge is 2.22. The first-order chi connectivity index (χ1) is 18.0. The van der Waals surface area contributed by atoms with Crippen LogP contribution in [-0.2, 0) is 4.74 Å². The van der Waals surface area contributed by atoms with Gasteiger partial charge in [-0.25, -0.2) is 9.97 Å². The van der Waals surface area contributed by atoms with Crippen molar-refractivity contribution in [3.05, 3.63) is 54.6 Å². The summed E-state index contributed by atoms with van der Waals surface area (Å²) in [5.41, 5.74) is 10.2. The molecule has 0 saturated carbocycles. The van der Waals surface area contributed by atoms with Gasteiger partial charge in [0.15, 0.2) is 19.5 Å². The van der Waals surface area contributed by atoms with Crippen molar-refractivity contribution in [1.82, 2.24) is 19.8 Å². The second-order valence-electron chi connectivity index (χ2n) is 9.36. The minimum Gasteiger partial charge on any atom is -0.382 e. The summed E-state index contributed by atoms with van der Waals surface area (Å²) in [5.74, 6) is -0.363. The van der Waals surface area contributed by atoms with E-state index in [9.17, 15) is 4.79 Å². The maximum Gasteiger partial charge on any atom is 0.278 e. The molecule has 2 aromatic heterocycles. The zero-order chi connectivity index (χ0) is 25.8. The van der Waals surface area contributed by atoms with Crippen molar-refractivity contribution < 1.29 is 9.53 Å². The average molecular weight is 498 g/mol. The molecule has 0 atom stereocenters. The SMILES string of the molecule is [B]N1CCC(N(C)c2ccc(-c3cnc(N)c(C(=O)Nc4cnccc4N4CCOCC4)n3)cc2)CC1. The molecule has 190 valence electrons. The lowest BCUT2D eigenvalue weighted by Gasteiger charge is -2.36. The standard InChI is InChI=1S/C26H31BN8O2/c1-33(20-7-10-35(27)11-8-20)19-4-2-18(3-5-19)21-17-30-25(28)24(31-21)26(36)32-22-16-29-9-6-23(22)34-12-14-37-15-13-34/h2-6,9,16-17,20H,7-8,10-15H2,1H3,(H2,28,30)(H,32,36). The molecular weight excluding hydrogens is 467 g/mol. The Labute approximate surface area is 218 Å². The molecular formula is C26H31BN8O2. The summed E-state index contributed by atoms with van der Waals surface area (Å²) in [6, 6.07) is 10.4. The van der Waals surface area contributed by atoms with E-state index in [1.807, 2.05) is 23.0 Å². The molecule has 1 amide bonds. The number of benzene rings is 1. The maximum absolute atomic E-state index is 13.2. The van der Waals surface area contributed by atoms with Crippen molar-refractivity contribution in [2.24, 2.45) is 0 Å². The van der Waals surface area contributed by atoms with Crippen LogP contribution in [0.15, 0.2) is 48.9 Å².